The molecule has 0 nitrogen and oxygen atoms in total. The molecule has 0 aliphatic heterocycles. The first-order chi connectivity index (χ1) is 3.45. The van der Waals surface area contributed by atoms with Crippen LogP contribution in [-0.2, 0) is 0 Å². The number of hydrogen-bond acceptors (Lipinski definition) is 0. The maximum Gasteiger partial charge on any atom is 0.0984 e. The molecule has 0 unspecified atom stereocenters. The Bertz CT molecular complexity index is 58.1. The van der Waals surface area contributed by atoms with Gasteiger partial charge in [-0.05, 0) is 25.7 Å². The fourth-order valence-electron chi connectivity index (χ4n) is 1.91. The van der Waals surface area contributed by atoms with Crippen molar-refractivity contribution in [2.24, 2.45) is 11.8 Å². The zero-order valence-electron chi connectivity index (χ0n) is 4.56. The summed E-state index contributed by atoms with van der Waals surface area (Å²) < 4.78 is 0. The third-order valence-electron chi connectivity index (χ3n) is 2.36. The van der Waals surface area contributed by atoms with Gasteiger partial charge in [-0.3, -0.25) is 0 Å². The molecule has 38 valence electrons. The van der Waals surface area contributed by atoms with Crippen molar-refractivity contribution in [1.82, 2.24) is 0 Å². The Hall–Kier alpha value is -0.130. The van der Waals surface area contributed by atoms with Crippen LogP contribution in [0.1, 0.15) is 25.7 Å². The van der Waals surface area contributed by atoms with Crippen LogP contribution in [0.2, 0.25) is 0 Å². The molecule has 0 heterocycles. The first-order valence-corrected chi connectivity index (χ1v) is 3.30. The fourth-order valence-corrected chi connectivity index (χ4v) is 1.91. The monoisotopic (exact) mass is 95.1 g/mol. The second-order valence-electron chi connectivity index (χ2n) is 2.87. The van der Waals surface area contributed by atoms with E-state index < -0.39 is 0 Å². The minimum Gasteiger partial charge on any atom is -0.00529 e. The summed E-state index contributed by atoms with van der Waals surface area (Å²) in [5.74, 6) is 2.09. The zero-order chi connectivity index (χ0) is 4.69. The molecule has 2 bridgehead atoms. The molecule has 7 heavy (non-hydrogen) atoms. The quantitative estimate of drug-likeness (QED) is 0.404. The minimum atomic E-state index is 1.05. The molecule has 2 fully saturated rings. The van der Waals surface area contributed by atoms with Gasteiger partial charge < -0.3 is 0 Å². The van der Waals surface area contributed by atoms with Gasteiger partial charge in [-0.15, -0.1) is 0 Å². The van der Waals surface area contributed by atoms with E-state index in [4.69, 9.17) is 0 Å². The molecular weight excluding hydrogens is 84.1 g/mol. The molecule has 2 aliphatic carbocycles. The molecule has 0 aromatic heterocycles. The molecular formula is C7H11+. The van der Waals surface area contributed by atoms with Crippen LogP contribution in [-0.4, -0.2) is 0 Å². The second-order valence-corrected chi connectivity index (χ2v) is 2.87. The fraction of sp³-hybridized carbons (Fsp3) is 0.857. The topological polar surface area (TPSA) is 0 Å². The zero-order valence-corrected chi connectivity index (χ0v) is 4.56. The molecule has 0 saturated heterocycles. The van der Waals surface area contributed by atoms with Crippen molar-refractivity contribution >= 4 is 0 Å². The van der Waals surface area contributed by atoms with Crippen LogP contribution in [0.15, 0.2) is 0 Å². The van der Waals surface area contributed by atoms with Crippen LogP contribution in [0, 0.1) is 18.3 Å². The Labute approximate surface area is 44.9 Å². The van der Waals surface area contributed by atoms with Gasteiger partial charge in [0.1, 0.15) is 0 Å². The molecule has 0 aromatic carbocycles. The maximum atomic E-state index is 2.56. The molecule has 0 aromatic rings. The van der Waals surface area contributed by atoms with Crippen molar-refractivity contribution in [3.8, 4) is 0 Å². The summed E-state index contributed by atoms with van der Waals surface area (Å²) >= 11 is 0. The lowest BCUT2D eigenvalue weighted by molar-refractivity contribution is 0.480. The summed E-state index contributed by atoms with van der Waals surface area (Å²) in [7, 11) is 0. The Kier molecular flexibility index (Phi) is 0.643. The largest absolute Gasteiger partial charge is 0.0984 e. The Morgan fingerprint density at radius 1 is 0.857 bits per heavy atom. The second kappa shape index (κ2) is 1.18. The molecule has 2 rings (SSSR count). The lowest BCUT2D eigenvalue weighted by Crippen LogP contribution is -1.90. The normalized spacial score (nSPS) is 46.9. The van der Waals surface area contributed by atoms with E-state index in [-0.39, 0.29) is 0 Å². The average molecular weight is 95.2 g/mol. The molecule has 0 amide bonds. The van der Waals surface area contributed by atoms with E-state index in [0.29, 0.717) is 0 Å². The lowest BCUT2D eigenvalue weighted by Gasteiger charge is -1.97. The molecule has 0 N–H and O–H groups in total. The van der Waals surface area contributed by atoms with E-state index in [1.54, 1.807) is 0 Å². The number of fused-ring (bicyclic) bond motifs is 2. The van der Waals surface area contributed by atoms with Crippen molar-refractivity contribution in [1.29, 1.82) is 0 Å². The van der Waals surface area contributed by atoms with E-state index >= 15 is 0 Å². The molecule has 0 spiro atoms. The van der Waals surface area contributed by atoms with Gasteiger partial charge in [-0.1, -0.05) is 0 Å². The Morgan fingerprint density at radius 3 is 1.43 bits per heavy atom. The van der Waals surface area contributed by atoms with Gasteiger partial charge >= 0.3 is 0 Å². The highest BCUT2D eigenvalue weighted by Crippen LogP contribution is 2.42. The Morgan fingerprint density at radius 2 is 1.29 bits per heavy atom. The van der Waals surface area contributed by atoms with Crippen LogP contribution in [0.25, 0.3) is 0 Å². The Balaban J connectivity index is 2.12. The number of rotatable bonds is 0. The SMILES string of the molecule is [CH+]1C2CCC1CC2. The van der Waals surface area contributed by atoms with E-state index in [2.05, 4.69) is 6.42 Å². The first-order valence-electron chi connectivity index (χ1n) is 3.30. The van der Waals surface area contributed by atoms with Crippen molar-refractivity contribution < 1.29 is 0 Å². The van der Waals surface area contributed by atoms with Crippen molar-refractivity contribution in [3.63, 3.8) is 0 Å². The summed E-state index contributed by atoms with van der Waals surface area (Å²) in [4.78, 5) is 0. The molecule has 2 saturated carbocycles. The van der Waals surface area contributed by atoms with Crippen molar-refractivity contribution in [2.45, 2.75) is 25.7 Å². The highest BCUT2D eigenvalue weighted by molar-refractivity contribution is 4.97. The average Bonchev–Trinajstić information content (AvgIpc) is 2.22. The van der Waals surface area contributed by atoms with Gasteiger partial charge in [0.15, 0.2) is 0 Å². The maximum absolute atomic E-state index is 2.56. The lowest BCUT2D eigenvalue weighted by atomic mass is 10.0. The van der Waals surface area contributed by atoms with Gasteiger partial charge in [-0.2, -0.15) is 0 Å². The highest BCUT2D eigenvalue weighted by atomic mass is 14.4. The van der Waals surface area contributed by atoms with E-state index in [1.807, 2.05) is 0 Å². The van der Waals surface area contributed by atoms with Crippen LogP contribution in [0.3, 0.4) is 0 Å². The summed E-state index contributed by atoms with van der Waals surface area (Å²) in [5, 5.41) is 0. The van der Waals surface area contributed by atoms with Crippen LogP contribution < -0.4 is 0 Å². The summed E-state index contributed by atoms with van der Waals surface area (Å²) in [6.07, 6.45) is 8.57. The van der Waals surface area contributed by atoms with Gasteiger partial charge in [-0.25, -0.2) is 0 Å². The van der Waals surface area contributed by atoms with Crippen LogP contribution in [0.4, 0.5) is 0 Å². The summed E-state index contributed by atoms with van der Waals surface area (Å²) in [5.41, 5.74) is 0. The van der Waals surface area contributed by atoms with Gasteiger partial charge in [0, 0.05) is 0 Å². The predicted molar refractivity (Wildman–Crippen MR) is 29.7 cm³/mol. The van der Waals surface area contributed by atoms with E-state index in [9.17, 15) is 0 Å². The molecule has 0 radical (unpaired) electrons. The molecule has 0 atom stereocenters. The standard InChI is InChI=1S/C7H11/c1-2-7-4-3-6(1)5-7/h5-7H,1-4H2/q+1. The van der Waals surface area contributed by atoms with E-state index in [0.717, 1.165) is 11.8 Å². The number of hydrogen-bond donors (Lipinski definition) is 0. The van der Waals surface area contributed by atoms with Crippen LogP contribution >= 0.6 is 0 Å². The summed E-state index contributed by atoms with van der Waals surface area (Å²) in [6.45, 7) is 0. The third kappa shape index (κ3) is 0.457. The van der Waals surface area contributed by atoms with Gasteiger partial charge in [0.25, 0.3) is 0 Å². The molecule has 2 aliphatic rings. The van der Waals surface area contributed by atoms with Crippen molar-refractivity contribution in [3.05, 3.63) is 6.42 Å². The van der Waals surface area contributed by atoms with Crippen molar-refractivity contribution in [2.75, 3.05) is 0 Å². The third-order valence-corrected chi connectivity index (χ3v) is 2.36. The van der Waals surface area contributed by atoms with E-state index in [1.165, 1.54) is 25.7 Å². The van der Waals surface area contributed by atoms with Crippen LogP contribution in [0.5, 0.6) is 0 Å². The highest BCUT2D eigenvalue weighted by Gasteiger charge is 2.40. The first kappa shape index (κ1) is 3.82. The van der Waals surface area contributed by atoms with Gasteiger partial charge in [0.2, 0.25) is 0 Å². The molecule has 0 heteroatoms. The summed E-state index contributed by atoms with van der Waals surface area (Å²) in [6, 6.07) is 0. The minimum absolute atomic E-state index is 1.05. The smallest absolute Gasteiger partial charge is 0.00529 e. The van der Waals surface area contributed by atoms with Gasteiger partial charge in [0.05, 0.1) is 18.3 Å². The predicted octanol–water partition coefficient (Wildman–Crippen LogP) is 2.01.